The fraction of sp³-hybridized carbons (Fsp3) is 0.250. The molecule has 0 spiro atoms. The lowest BCUT2D eigenvalue weighted by Crippen LogP contribution is -2.10. The highest BCUT2D eigenvalue weighted by Crippen LogP contribution is 2.27. The highest BCUT2D eigenvalue weighted by atomic mass is 35.5. The average molecular weight is 252 g/mol. The maximum Gasteiger partial charge on any atom is 0.139 e. The molecule has 0 unspecified atom stereocenters. The lowest BCUT2D eigenvalue weighted by Gasteiger charge is -2.09. The van der Waals surface area contributed by atoms with E-state index in [-0.39, 0.29) is 0 Å². The molecule has 4 nitrogen and oxygen atoms in total. The van der Waals surface area contributed by atoms with Crippen molar-refractivity contribution in [3.63, 3.8) is 0 Å². The zero-order valence-electron chi connectivity index (χ0n) is 9.56. The standard InChI is InChI=1S/C12H14ClN3O/c1-17-12-9-10(3-4-11(12)13)14-6-8-16-7-2-5-15-16/h2-5,7,9,14H,6,8H2,1H3. The molecule has 0 atom stereocenters. The second-order valence-electron chi connectivity index (χ2n) is 3.55. The predicted molar refractivity (Wildman–Crippen MR) is 68.7 cm³/mol. The second kappa shape index (κ2) is 5.59. The average Bonchev–Trinajstić information content (AvgIpc) is 2.84. The third-order valence-electron chi connectivity index (χ3n) is 2.38. The molecule has 1 aromatic heterocycles. The van der Waals surface area contributed by atoms with Crippen LogP contribution in [0.5, 0.6) is 5.75 Å². The zero-order chi connectivity index (χ0) is 12.1. The molecule has 2 aromatic rings. The maximum absolute atomic E-state index is 5.94. The second-order valence-corrected chi connectivity index (χ2v) is 3.95. The van der Waals surface area contributed by atoms with Crippen molar-refractivity contribution in [1.82, 2.24) is 9.78 Å². The van der Waals surface area contributed by atoms with Gasteiger partial charge in [0.2, 0.25) is 0 Å². The maximum atomic E-state index is 5.94. The molecule has 0 aliphatic heterocycles. The third-order valence-corrected chi connectivity index (χ3v) is 2.69. The number of ether oxygens (including phenoxy) is 1. The van der Waals surface area contributed by atoms with Gasteiger partial charge in [0.25, 0.3) is 0 Å². The van der Waals surface area contributed by atoms with Crippen LogP contribution in [0.15, 0.2) is 36.7 Å². The Balaban J connectivity index is 1.90. The molecule has 90 valence electrons. The van der Waals surface area contributed by atoms with Crippen LogP contribution in [-0.2, 0) is 6.54 Å². The molecule has 1 aromatic carbocycles. The summed E-state index contributed by atoms with van der Waals surface area (Å²) < 4.78 is 7.02. The molecular formula is C12H14ClN3O. The van der Waals surface area contributed by atoms with Gasteiger partial charge in [-0.3, -0.25) is 4.68 Å². The van der Waals surface area contributed by atoms with E-state index in [1.54, 1.807) is 13.3 Å². The van der Waals surface area contributed by atoms with Crippen molar-refractivity contribution >= 4 is 17.3 Å². The van der Waals surface area contributed by atoms with Crippen LogP contribution in [0.25, 0.3) is 0 Å². The van der Waals surface area contributed by atoms with Crippen molar-refractivity contribution in [1.29, 1.82) is 0 Å². The van der Waals surface area contributed by atoms with Crippen LogP contribution < -0.4 is 10.1 Å². The molecule has 0 fully saturated rings. The number of halogens is 1. The summed E-state index contributed by atoms with van der Waals surface area (Å²) in [6, 6.07) is 7.53. The number of hydrogen-bond acceptors (Lipinski definition) is 3. The first-order chi connectivity index (χ1) is 8.29. The number of rotatable bonds is 5. The van der Waals surface area contributed by atoms with E-state index in [1.165, 1.54) is 0 Å². The minimum absolute atomic E-state index is 0.616. The first-order valence-electron chi connectivity index (χ1n) is 5.34. The van der Waals surface area contributed by atoms with Gasteiger partial charge in [0.15, 0.2) is 0 Å². The van der Waals surface area contributed by atoms with Crippen LogP contribution in [0.4, 0.5) is 5.69 Å². The van der Waals surface area contributed by atoms with Gasteiger partial charge in [0, 0.05) is 30.7 Å². The van der Waals surface area contributed by atoms with Crippen molar-refractivity contribution in [2.75, 3.05) is 19.0 Å². The summed E-state index contributed by atoms with van der Waals surface area (Å²) in [6.07, 6.45) is 3.70. The minimum atomic E-state index is 0.616. The van der Waals surface area contributed by atoms with E-state index in [0.717, 1.165) is 18.8 Å². The molecular weight excluding hydrogens is 238 g/mol. The summed E-state index contributed by atoms with van der Waals surface area (Å²) in [5.74, 6) is 0.677. The van der Waals surface area contributed by atoms with Crippen LogP contribution in [0.1, 0.15) is 0 Å². The summed E-state index contributed by atoms with van der Waals surface area (Å²) in [5, 5.41) is 8.03. The number of benzene rings is 1. The number of hydrogen-bond donors (Lipinski definition) is 1. The molecule has 1 N–H and O–H groups in total. The van der Waals surface area contributed by atoms with E-state index >= 15 is 0 Å². The van der Waals surface area contributed by atoms with Gasteiger partial charge in [-0.05, 0) is 18.2 Å². The zero-order valence-corrected chi connectivity index (χ0v) is 10.3. The summed E-state index contributed by atoms with van der Waals surface area (Å²) in [4.78, 5) is 0. The van der Waals surface area contributed by atoms with Gasteiger partial charge in [0.1, 0.15) is 5.75 Å². The van der Waals surface area contributed by atoms with E-state index in [4.69, 9.17) is 16.3 Å². The van der Waals surface area contributed by atoms with Crippen LogP contribution in [0.2, 0.25) is 5.02 Å². The summed E-state index contributed by atoms with van der Waals surface area (Å²) in [5.41, 5.74) is 0.985. The first-order valence-corrected chi connectivity index (χ1v) is 5.72. The summed E-state index contributed by atoms with van der Waals surface area (Å²) in [7, 11) is 1.61. The smallest absolute Gasteiger partial charge is 0.139 e. The third kappa shape index (κ3) is 3.14. The van der Waals surface area contributed by atoms with E-state index in [2.05, 4.69) is 10.4 Å². The van der Waals surface area contributed by atoms with Crippen LogP contribution in [0.3, 0.4) is 0 Å². The Hall–Kier alpha value is -1.68. The van der Waals surface area contributed by atoms with Gasteiger partial charge in [-0.1, -0.05) is 11.6 Å². The molecule has 5 heteroatoms. The molecule has 0 amide bonds. The van der Waals surface area contributed by atoms with E-state index in [9.17, 15) is 0 Å². The van der Waals surface area contributed by atoms with Crippen LogP contribution >= 0.6 is 11.6 Å². The fourth-order valence-electron chi connectivity index (χ4n) is 1.52. The lowest BCUT2D eigenvalue weighted by molar-refractivity contribution is 0.415. The van der Waals surface area contributed by atoms with Gasteiger partial charge in [0.05, 0.1) is 18.7 Å². The predicted octanol–water partition coefficient (Wildman–Crippen LogP) is 2.66. The first kappa shape index (κ1) is 11.8. The summed E-state index contributed by atoms with van der Waals surface area (Å²) in [6.45, 7) is 1.62. The quantitative estimate of drug-likeness (QED) is 0.888. The monoisotopic (exact) mass is 251 g/mol. The van der Waals surface area contributed by atoms with Crippen molar-refractivity contribution in [2.45, 2.75) is 6.54 Å². The molecule has 2 rings (SSSR count). The van der Waals surface area contributed by atoms with Crippen LogP contribution in [0, 0.1) is 0 Å². The topological polar surface area (TPSA) is 39.1 Å². The SMILES string of the molecule is COc1cc(NCCn2cccn2)ccc1Cl. The molecule has 0 saturated carbocycles. The molecule has 0 bridgehead atoms. The molecule has 0 aliphatic carbocycles. The van der Waals surface area contributed by atoms with Crippen molar-refractivity contribution < 1.29 is 4.74 Å². The molecule has 0 saturated heterocycles. The number of nitrogens with zero attached hydrogens (tertiary/aromatic N) is 2. The van der Waals surface area contributed by atoms with Crippen molar-refractivity contribution in [2.24, 2.45) is 0 Å². The number of aromatic nitrogens is 2. The van der Waals surface area contributed by atoms with Crippen molar-refractivity contribution in [3.8, 4) is 5.75 Å². The van der Waals surface area contributed by atoms with Crippen LogP contribution in [-0.4, -0.2) is 23.4 Å². The number of nitrogens with one attached hydrogen (secondary N) is 1. The Kier molecular flexibility index (Phi) is 3.88. The fourth-order valence-corrected chi connectivity index (χ4v) is 1.71. The Bertz CT molecular complexity index is 471. The molecule has 0 aliphatic rings. The van der Waals surface area contributed by atoms with Crippen molar-refractivity contribution in [3.05, 3.63) is 41.7 Å². The highest BCUT2D eigenvalue weighted by molar-refractivity contribution is 6.32. The molecule has 1 heterocycles. The molecule has 17 heavy (non-hydrogen) atoms. The molecule has 0 radical (unpaired) electrons. The Labute approximate surface area is 105 Å². The van der Waals surface area contributed by atoms with E-state index in [0.29, 0.717) is 10.8 Å². The summed E-state index contributed by atoms with van der Waals surface area (Å²) >= 11 is 5.94. The number of anilines is 1. The van der Waals surface area contributed by atoms with E-state index < -0.39 is 0 Å². The minimum Gasteiger partial charge on any atom is -0.495 e. The van der Waals surface area contributed by atoms with Gasteiger partial charge in [-0.15, -0.1) is 0 Å². The van der Waals surface area contributed by atoms with Gasteiger partial charge in [-0.25, -0.2) is 0 Å². The van der Waals surface area contributed by atoms with E-state index in [1.807, 2.05) is 35.1 Å². The lowest BCUT2D eigenvalue weighted by atomic mass is 10.3. The number of methoxy groups -OCH3 is 1. The van der Waals surface area contributed by atoms with Gasteiger partial charge < -0.3 is 10.1 Å². The largest absolute Gasteiger partial charge is 0.495 e. The Morgan fingerprint density at radius 1 is 1.47 bits per heavy atom. The Morgan fingerprint density at radius 2 is 2.35 bits per heavy atom. The van der Waals surface area contributed by atoms with Gasteiger partial charge >= 0.3 is 0 Å². The Morgan fingerprint density at radius 3 is 3.06 bits per heavy atom. The van der Waals surface area contributed by atoms with Gasteiger partial charge in [-0.2, -0.15) is 5.10 Å². The normalized spacial score (nSPS) is 10.2. The highest BCUT2D eigenvalue weighted by Gasteiger charge is 2.01.